The zero-order valence-corrected chi connectivity index (χ0v) is 24.7. The molecule has 12 heteroatoms. The van der Waals surface area contributed by atoms with Gasteiger partial charge in [-0.2, -0.15) is 23.5 Å². The number of hydrogen-bond donors (Lipinski definition) is 3. The summed E-state index contributed by atoms with van der Waals surface area (Å²) < 4.78 is 57.5. The molecule has 0 bridgehead atoms. The van der Waals surface area contributed by atoms with Crippen LogP contribution in [-0.2, 0) is 11.7 Å². The maximum atomic E-state index is 15.2. The van der Waals surface area contributed by atoms with Gasteiger partial charge in [0.05, 0.1) is 28.5 Å². The molecule has 46 heavy (non-hydrogen) atoms. The van der Waals surface area contributed by atoms with Gasteiger partial charge in [0.25, 0.3) is 5.91 Å². The van der Waals surface area contributed by atoms with Gasteiger partial charge in [0.1, 0.15) is 17.3 Å². The first-order chi connectivity index (χ1) is 21.9. The van der Waals surface area contributed by atoms with Crippen molar-refractivity contribution in [2.24, 2.45) is 11.7 Å². The topological polar surface area (TPSA) is 136 Å². The summed E-state index contributed by atoms with van der Waals surface area (Å²) >= 11 is 0. The van der Waals surface area contributed by atoms with Crippen LogP contribution < -0.4 is 16.8 Å². The molecule has 2 aromatic heterocycles. The first kappa shape index (κ1) is 30.7. The van der Waals surface area contributed by atoms with Crippen molar-refractivity contribution in [2.45, 2.75) is 44.3 Å². The summed E-state index contributed by atoms with van der Waals surface area (Å²) in [5.74, 6) is -1.17. The summed E-state index contributed by atoms with van der Waals surface area (Å²) in [7, 11) is 0. The van der Waals surface area contributed by atoms with E-state index in [1.54, 1.807) is 24.3 Å². The molecule has 1 aliphatic rings. The Labute approximate surface area is 261 Å². The monoisotopic (exact) mass is 627 g/mol. The summed E-state index contributed by atoms with van der Waals surface area (Å²) in [5, 5.41) is 16.9. The minimum atomic E-state index is -4.86. The number of nitrogens with two attached hydrogens (primary N) is 2. The van der Waals surface area contributed by atoms with Crippen LogP contribution in [0.2, 0.25) is 0 Å². The third-order valence-electron chi connectivity index (χ3n) is 8.50. The minimum absolute atomic E-state index is 0.121. The molecular formula is C34H29F4N7O. The van der Waals surface area contributed by atoms with Gasteiger partial charge in [-0.05, 0) is 84.2 Å². The normalized spacial score (nSPS) is 14.5. The van der Waals surface area contributed by atoms with Crippen molar-refractivity contribution in [3.8, 4) is 11.8 Å². The van der Waals surface area contributed by atoms with Crippen LogP contribution in [0.5, 0.6) is 0 Å². The lowest BCUT2D eigenvalue weighted by molar-refractivity contribution is -0.141. The van der Waals surface area contributed by atoms with Crippen molar-refractivity contribution in [3.63, 3.8) is 0 Å². The Hall–Kier alpha value is -5.28. The molecule has 1 amide bonds. The molecular weight excluding hydrogens is 598 g/mol. The second-order valence-corrected chi connectivity index (χ2v) is 11.7. The molecule has 0 saturated heterocycles. The predicted molar refractivity (Wildman–Crippen MR) is 165 cm³/mol. The number of carbonyl (C=O) groups is 1. The number of aryl methyl sites for hydroxylation is 1. The number of nitrogens with zero attached hydrogens (tertiary/aromatic N) is 4. The van der Waals surface area contributed by atoms with Crippen LogP contribution >= 0.6 is 0 Å². The maximum Gasteiger partial charge on any atom is 0.435 e. The fraction of sp³-hybridized carbons (Fsp3) is 0.235. The molecule has 1 atom stereocenters. The number of amides is 1. The smallest absolute Gasteiger partial charge is 0.383 e. The highest BCUT2D eigenvalue weighted by Crippen LogP contribution is 2.41. The molecule has 8 nitrogen and oxygen atoms in total. The van der Waals surface area contributed by atoms with Crippen LogP contribution in [0.15, 0.2) is 72.9 Å². The maximum absolute atomic E-state index is 15.2. The predicted octanol–water partition coefficient (Wildman–Crippen LogP) is 6.99. The van der Waals surface area contributed by atoms with E-state index < -0.39 is 34.8 Å². The Bertz CT molecular complexity index is 2030. The van der Waals surface area contributed by atoms with E-state index in [0.29, 0.717) is 45.9 Å². The molecule has 1 aliphatic carbocycles. The lowest BCUT2D eigenvalue weighted by Gasteiger charge is -2.32. The Balaban J connectivity index is 1.39. The van der Waals surface area contributed by atoms with Gasteiger partial charge in [-0.1, -0.05) is 37.1 Å². The molecule has 234 valence electrons. The molecule has 0 aliphatic heterocycles. The number of carbonyl (C=O) groups excluding carboxylic acids is 1. The van der Waals surface area contributed by atoms with E-state index in [0.717, 1.165) is 35.6 Å². The zero-order chi connectivity index (χ0) is 32.8. The first-order valence-corrected chi connectivity index (χ1v) is 14.6. The van der Waals surface area contributed by atoms with Gasteiger partial charge in [-0.15, -0.1) is 0 Å². The third-order valence-corrected chi connectivity index (χ3v) is 8.50. The van der Waals surface area contributed by atoms with E-state index >= 15 is 4.39 Å². The Morgan fingerprint density at radius 3 is 2.52 bits per heavy atom. The molecule has 1 saturated carbocycles. The number of nitriles is 1. The highest BCUT2D eigenvalue weighted by Gasteiger charge is 2.37. The standard InChI is InChI=1S/C34H29F4N7O/c1-19-2-6-23(14-22(19)18-39)33(41,12-10-20-3-4-20)24-7-9-27(35)28(15-24)43-32(46)29-17-30(34(36,37)38)44-45(29)25-8-5-21-11-13-42-31(40)26(21)16-25/h2,5-9,11,13-17,20H,3-4,10,12,41H2,1H3,(H2,40,42)(H,43,46). The van der Waals surface area contributed by atoms with Gasteiger partial charge in [-0.3, -0.25) is 4.79 Å². The lowest BCUT2D eigenvalue weighted by atomic mass is 9.78. The number of pyridine rings is 1. The van der Waals surface area contributed by atoms with Crippen molar-refractivity contribution in [1.82, 2.24) is 14.8 Å². The van der Waals surface area contributed by atoms with Crippen molar-refractivity contribution in [3.05, 3.63) is 112 Å². The van der Waals surface area contributed by atoms with Gasteiger partial charge in [0.2, 0.25) is 0 Å². The molecule has 3 aromatic carbocycles. The van der Waals surface area contributed by atoms with Gasteiger partial charge in [0, 0.05) is 17.6 Å². The molecule has 0 radical (unpaired) electrons. The number of hydrogen-bond acceptors (Lipinski definition) is 6. The van der Waals surface area contributed by atoms with Crippen LogP contribution in [0, 0.1) is 30.0 Å². The lowest BCUT2D eigenvalue weighted by Crippen LogP contribution is -2.38. The summed E-state index contributed by atoms with van der Waals surface area (Å²) in [6.07, 6.45) is 0.110. The second kappa shape index (κ2) is 11.6. The third kappa shape index (κ3) is 5.89. The molecule has 5 N–H and O–H groups in total. The Morgan fingerprint density at radius 1 is 1.07 bits per heavy atom. The van der Waals surface area contributed by atoms with Gasteiger partial charge >= 0.3 is 6.18 Å². The van der Waals surface area contributed by atoms with Crippen LogP contribution in [0.25, 0.3) is 16.5 Å². The average Bonchev–Trinajstić information content (AvgIpc) is 3.75. The van der Waals surface area contributed by atoms with Crippen molar-refractivity contribution >= 4 is 28.2 Å². The molecule has 5 aromatic rings. The average molecular weight is 628 g/mol. The van der Waals surface area contributed by atoms with E-state index in [1.807, 2.05) is 13.0 Å². The van der Waals surface area contributed by atoms with Crippen molar-refractivity contribution in [2.75, 3.05) is 11.1 Å². The van der Waals surface area contributed by atoms with Crippen LogP contribution in [-0.4, -0.2) is 20.7 Å². The van der Waals surface area contributed by atoms with Crippen LogP contribution in [0.3, 0.4) is 0 Å². The number of nitrogens with one attached hydrogen (secondary N) is 1. The minimum Gasteiger partial charge on any atom is -0.383 e. The molecule has 2 heterocycles. The van der Waals surface area contributed by atoms with Gasteiger partial charge < -0.3 is 16.8 Å². The van der Waals surface area contributed by atoms with E-state index in [4.69, 9.17) is 11.5 Å². The molecule has 1 fully saturated rings. The zero-order valence-electron chi connectivity index (χ0n) is 24.7. The summed E-state index contributed by atoms with van der Waals surface area (Å²) in [6.45, 7) is 1.81. The van der Waals surface area contributed by atoms with Crippen LogP contribution in [0.4, 0.5) is 29.1 Å². The summed E-state index contributed by atoms with van der Waals surface area (Å²) in [5.41, 5.74) is 12.3. The fourth-order valence-corrected chi connectivity index (χ4v) is 5.59. The van der Waals surface area contributed by atoms with Crippen molar-refractivity contribution in [1.29, 1.82) is 5.26 Å². The highest BCUT2D eigenvalue weighted by molar-refractivity contribution is 6.04. The van der Waals surface area contributed by atoms with E-state index in [2.05, 4.69) is 21.5 Å². The van der Waals surface area contributed by atoms with Crippen molar-refractivity contribution < 1.29 is 22.4 Å². The number of aromatic nitrogens is 3. The molecule has 0 spiro atoms. The Morgan fingerprint density at radius 2 is 1.80 bits per heavy atom. The number of anilines is 2. The number of alkyl halides is 3. The number of nitrogen functional groups attached to an aromatic ring is 1. The first-order valence-electron chi connectivity index (χ1n) is 14.6. The SMILES string of the molecule is Cc1ccc(C(N)(CCC2CC2)c2ccc(F)c(NC(=O)c3cc(C(F)(F)F)nn3-c3ccc4ccnc(N)c4c3)c2)cc1C#N. The number of benzene rings is 3. The quantitative estimate of drug-likeness (QED) is 0.159. The summed E-state index contributed by atoms with van der Waals surface area (Å²) in [4.78, 5) is 17.6. The van der Waals surface area contributed by atoms with Crippen LogP contribution in [0.1, 0.15) is 64.1 Å². The number of fused-ring (bicyclic) bond motifs is 1. The summed E-state index contributed by atoms with van der Waals surface area (Å²) in [6, 6.07) is 18.4. The number of rotatable bonds is 8. The Kier molecular flexibility index (Phi) is 7.73. The second-order valence-electron chi connectivity index (χ2n) is 11.7. The number of halogens is 4. The van der Waals surface area contributed by atoms with E-state index in [9.17, 15) is 23.2 Å². The van der Waals surface area contributed by atoms with E-state index in [-0.39, 0.29) is 17.2 Å². The largest absolute Gasteiger partial charge is 0.435 e. The fourth-order valence-electron chi connectivity index (χ4n) is 5.59. The molecule has 6 rings (SSSR count). The van der Waals surface area contributed by atoms with E-state index in [1.165, 1.54) is 30.5 Å². The van der Waals surface area contributed by atoms with Gasteiger partial charge in [-0.25, -0.2) is 14.1 Å². The van der Waals surface area contributed by atoms with Gasteiger partial charge in [0.15, 0.2) is 5.69 Å². The highest BCUT2D eigenvalue weighted by atomic mass is 19.4. The molecule has 1 unspecified atom stereocenters.